The summed E-state index contributed by atoms with van der Waals surface area (Å²) in [5.41, 5.74) is 1.35. The Morgan fingerprint density at radius 3 is 2.33 bits per heavy atom. The third-order valence-electron chi connectivity index (χ3n) is 2.54. The van der Waals surface area contributed by atoms with E-state index in [0.717, 1.165) is 5.56 Å². The maximum atomic E-state index is 11.9. The molecule has 1 N–H and O–H groups in total. The molecule has 18 heavy (non-hydrogen) atoms. The highest BCUT2D eigenvalue weighted by atomic mass is 16.5. The molecule has 0 saturated carbocycles. The van der Waals surface area contributed by atoms with Crippen LogP contribution in [0.25, 0.3) is 0 Å². The molecule has 0 heterocycles. The smallest absolute Gasteiger partial charge is 0.180 e. The third kappa shape index (κ3) is 3.21. The molecular formula is C13H19NO4. The first-order valence-electron chi connectivity index (χ1n) is 5.59. The number of methoxy groups -OCH3 is 3. The second-order valence-corrected chi connectivity index (χ2v) is 3.75. The van der Waals surface area contributed by atoms with Gasteiger partial charge in [0.25, 0.3) is 0 Å². The van der Waals surface area contributed by atoms with Crippen molar-refractivity contribution >= 4 is 5.78 Å². The standard InChI is InChI=1S/C13H19NO4/c1-14-7-11(15)10-6-12(17-3)9(8-16-2)5-13(10)18-4/h5-6,14H,7-8H2,1-4H3. The molecule has 5 nitrogen and oxygen atoms in total. The molecule has 0 atom stereocenters. The molecule has 0 aliphatic carbocycles. The van der Waals surface area contributed by atoms with E-state index in [9.17, 15) is 4.79 Å². The zero-order valence-electron chi connectivity index (χ0n) is 11.2. The van der Waals surface area contributed by atoms with E-state index in [1.165, 1.54) is 7.11 Å². The second kappa shape index (κ2) is 6.98. The molecule has 0 unspecified atom stereocenters. The van der Waals surface area contributed by atoms with Crippen LogP contribution < -0.4 is 14.8 Å². The molecule has 100 valence electrons. The largest absolute Gasteiger partial charge is 0.496 e. The number of hydrogen-bond donors (Lipinski definition) is 1. The van der Waals surface area contributed by atoms with Crippen molar-refractivity contribution in [1.29, 1.82) is 0 Å². The Kier molecular flexibility index (Phi) is 5.61. The lowest BCUT2D eigenvalue weighted by atomic mass is 10.1. The van der Waals surface area contributed by atoms with Gasteiger partial charge >= 0.3 is 0 Å². The fourth-order valence-electron chi connectivity index (χ4n) is 1.70. The van der Waals surface area contributed by atoms with Gasteiger partial charge in [0.1, 0.15) is 11.5 Å². The predicted molar refractivity (Wildman–Crippen MR) is 68.5 cm³/mol. The molecule has 0 saturated heterocycles. The van der Waals surface area contributed by atoms with Crippen molar-refractivity contribution in [2.45, 2.75) is 6.61 Å². The Bertz CT molecular complexity index is 418. The Morgan fingerprint density at radius 2 is 1.83 bits per heavy atom. The number of hydrogen-bond acceptors (Lipinski definition) is 5. The predicted octanol–water partition coefficient (Wildman–Crippen LogP) is 1.25. The Hall–Kier alpha value is -1.59. The SMILES string of the molecule is CNCC(=O)c1cc(OC)c(COC)cc1OC. The number of ether oxygens (including phenoxy) is 3. The van der Waals surface area contributed by atoms with Crippen LogP contribution in [0.1, 0.15) is 15.9 Å². The summed E-state index contributed by atoms with van der Waals surface area (Å²) in [6.07, 6.45) is 0. The van der Waals surface area contributed by atoms with Crippen LogP contribution in [0.2, 0.25) is 0 Å². The third-order valence-corrected chi connectivity index (χ3v) is 2.54. The molecule has 1 rings (SSSR count). The van der Waals surface area contributed by atoms with Crippen LogP contribution in [0.5, 0.6) is 11.5 Å². The molecule has 1 aromatic carbocycles. The second-order valence-electron chi connectivity index (χ2n) is 3.75. The minimum Gasteiger partial charge on any atom is -0.496 e. The van der Waals surface area contributed by atoms with E-state index < -0.39 is 0 Å². The number of carbonyl (C=O) groups excluding carboxylic acids is 1. The quantitative estimate of drug-likeness (QED) is 0.741. The molecule has 0 bridgehead atoms. The molecule has 0 aliphatic heterocycles. The molecule has 1 aromatic rings. The fourth-order valence-corrected chi connectivity index (χ4v) is 1.70. The van der Waals surface area contributed by atoms with E-state index in [-0.39, 0.29) is 12.3 Å². The average Bonchev–Trinajstić information content (AvgIpc) is 2.38. The Balaban J connectivity index is 3.21. The number of likely N-dealkylation sites (N-methyl/N-ethyl adjacent to an activating group) is 1. The summed E-state index contributed by atoms with van der Waals surface area (Å²) >= 11 is 0. The van der Waals surface area contributed by atoms with Crippen LogP contribution in [-0.2, 0) is 11.3 Å². The Morgan fingerprint density at radius 1 is 1.17 bits per heavy atom. The lowest BCUT2D eigenvalue weighted by molar-refractivity contribution is 0.0990. The van der Waals surface area contributed by atoms with Crippen molar-refractivity contribution in [1.82, 2.24) is 5.32 Å². The molecule has 0 radical (unpaired) electrons. The van der Waals surface area contributed by atoms with Crippen LogP contribution in [-0.4, -0.2) is 40.7 Å². The molecule has 0 aromatic heterocycles. The van der Waals surface area contributed by atoms with Gasteiger partial charge < -0.3 is 19.5 Å². The number of carbonyl (C=O) groups is 1. The minimum atomic E-state index is -0.0448. The van der Waals surface area contributed by atoms with E-state index in [4.69, 9.17) is 14.2 Å². The van der Waals surface area contributed by atoms with Gasteiger partial charge in [-0.25, -0.2) is 0 Å². The first kappa shape index (κ1) is 14.5. The summed E-state index contributed by atoms with van der Waals surface area (Å²) in [6, 6.07) is 3.46. The number of nitrogens with one attached hydrogen (secondary N) is 1. The van der Waals surface area contributed by atoms with E-state index >= 15 is 0 Å². The summed E-state index contributed by atoms with van der Waals surface area (Å²) in [5.74, 6) is 1.11. The van der Waals surface area contributed by atoms with Crippen molar-refractivity contribution < 1.29 is 19.0 Å². The van der Waals surface area contributed by atoms with E-state index in [1.807, 2.05) is 0 Å². The number of benzene rings is 1. The van der Waals surface area contributed by atoms with Crippen molar-refractivity contribution in [3.63, 3.8) is 0 Å². The molecule has 0 fully saturated rings. The van der Waals surface area contributed by atoms with Gasteiger partial charge in [0, 0.05) is 12.7 Å². The van der Waals surface area contributed by atoms with E-state index in [1.54, 1.807) is 33.4 Å². The van der Waals surface area contributed by atoms with Crippen molar-refractivity contribution in [3.8, 4) is 11.5 Å². The summed E-state index contributed by atoms with van der Waals surface area (Å²) in [5, 5.41) is 2.82. The molecule has 5 heteroatoms. The topological polar surface area (TPSA) is 56.8 Å². The average molecular weight is 253 g/mol. The number of rotatable bonds is 7. The Labute approximate surface area is 107 Å². The summed E-state index contributed by atoms with van der Waals surface area (Å²) in [4.78, 5) is 11.9. The first-order chi connectivity index (χ1) is 8.67. The molecule has 0 spiro atoms. The van der Waals surface area contributed by atoms with Crippen molar-refractivity contribution in [2.24, 2.45) is 0 Å². The molecule has 0 aliphatic rings. The van der Waals surface area contributed by atoms with Gasteiger partial charge in [0.15, 0.2) is 5.78 Å². The highest BCUT2D eigenvalue weighted by Crippen LogP contribution is 2.29. The first-order valence-corrected chi connectivity index (χ1v) is 5.59. The van der Waals surface area contributed by atoms with E-state index in [2.05, 4.69) is 5.32 Å². The molecule has 0 amide bonds. The van der Waals surface area contributed by atoms with Crippen LogP contribution in [0.4, 0.5) is 0 Å². The number of Topliss-reactive ketones (excluding diaryl/α,β-unsaturated/α-hetero) is 1. The summed E-state index contributed by atoms with van der Waals surface area (Å²) in [7, 11) is 6.43. The van der Waals surface area contributed by atoms with Crippen LogP contribution in [0, 0.1) is 0 Å². The summed E-state index contributed by atoms with van der Waals surface area (Å²) < 4.78 is 15.6. The lowest BCUT2D eigenvalue weighted by Crippen LogP contribution is -2.19. The van der Waals surface area contributed by atoms with Gasteiger partial charge in [0.2, 0.25) is 0 Å². The van der Waals surface area contributed by atoms with Gasteiger partial charge in [0.05, 0.1) is 32.9 Å². The highest BCUT2D eigenvalue weighted by molar-refractivity contribution is 6.00. The zero-order valence-corrected chi connectivity index (χ0v) is 11.2. The van der Waals surface area contributed by atoms with Crippen LogP contribution >= 0.6 is 0 Å². The monoisotopic (exact) mass is 253 g/mol. The normalized spacial score (nSPS) is 10.2. The van der Waals surface area contributed by atoms with Crippen molar-refractivity contribution in [3.05, 3.63) is 23.3 Å². The lowest BCUT2D eigenvalue weighted by Gasteiger charge is -2.13. The fraction of sp³-hybridized carbons (Fsp3) is 0.462. The van der Waals surface area contributed by atoms with Gasteiger partial charge in [-0.2, -0.15) is 0 Å². The van der Waals surface area contributed by atoms with Gasteiger partial charge in [-0.3, -0.25) is 4.79 Å². The van der Waals surface area contributed by atoms with Crippen molar-refractivity contribution in [2.75, 3.05) is 34.9 Å². The maximum absolute atomic E-state index is 11.9. The number of ketones is 1. The highest BCUT2D eigenvalue weighted by Gasteiger charge is 2.16. The molecular weight excluding hydrogens is 234 g/mol. The maximum Gasteiger partial charge on any atom is 0.180 e. The van der Waals surface area contributed by atoms with E-state index in [0.29, 0.717) is 23.7 Å². The van der Waals surface area contributed by atoms with Gasteiger partial charge in [-0.15, -0.1) is 0 Å². The zero-order chi connectivity index (χ0) is 13.5. The van der Waals surface area contributed by atoms with Gasteiger partial charge in [-0.1, -0.05) is 0 Å². The minimum absolute atomic E-state index is 0.0448. The summed E-state index contributed by atoms with van der Waals surface area (Å²) in [6.45, 7) is 0.656. The van der Waals surface area contributed by atoms with Gasteiger partial charge in [-0.05, 0) is 19.2 Å². The van der Waals surface area contributed by atoms with Crippen LogP contribution in [0.3, 0.4) is 0 Å². The van der Waals surface area contributed by atoms with Crippen LogP contribution in [0.15, 0.2) is 12.1 Å².